The van der Waals surface area contributed by atoms with E-state index >= 15 is 0 Å². The van der Waals surface area contributed by atoms with Gasteiger partial charge in [0.2, 0.25) is 0 Å². The Kier molecular flexibility index (Phi) is 7.34. The van der Waals surface area contributed by atoms with Gasteiger partial charge < -0.3 is 28.7 Å². The fraction of sp³-hybridized carbons (Fsp3) is 0.946. The zero-order valence-electron chi connectivity index (χ0n) is 28.6. The summed E-state index contributed by atoms with van der Waals surface area (Å²) in [7, 11) is 0. The zero-order chi connectivity index (χ0) is 31.4. The molecule has 0 aromatic heterocycles. The van der Waals surface area contributed by atoms with Crippen molar-refractivity contribution in [3.63, 3.8) is 0 Å². The van der Waals surface area contributed by atoms with E-state index in [0.717, 1.165) is 44.2 Å². The van der Waals surface area contributed by atoms with Gasteiger partial charge in [0.1, 0.15) is 12.2 Å². The predicted octanol–water partition coefficient (Wildman–Crippen LogP) is 6.90. The van der Waals surface area contributed by atoms with Gasteiger partial charge in [-0.2, -0.15) is 0 Å². The van der Waals surface area contributed by atoms with Gasteiger partial charge in [-0.05, 0) is 116 Å². The topological polar surface area (TPSA) is 77.5 Å². The number of hydrogen-bond acceptors (Lipinski definition) is 6. The van der Waals surface area contributed by atoms with Crippen molar-refractivity contribution in [3.8, 4) is 0 Å². The molecule has 8 rings (SSSR count). The van der Waals surface area contributed by atoms with Crippen LogP contribution in [0.2, 0.25) is 0 Å². The van der Waals surface area contributed by atoms with Crippen molar-refractivity contribution in [3.05, 3.63) is 0 Å². The second kappa shape index (κ2) is 10.7. The Bertz CT molecular complexity index is 1180. The van der Waals surface area contributed by atoms with Gasteiger partial charge in [0.25, 0.3) is 0 Å². The quantitative estimate of drug-likeness (QED) is 0.338. The molecule has 8 aliphatic rings. The summed E-state index contributed by atoms with van der Waals surface area (Å²) in [5.41, 5.74) is 1.24. The molecule has 8 nitrogen and oxygen atoms in total. The van der Waals surface area contributed by atoms with Crippen LogP contribution < -0.4 is 0 Å². The lowest BCUT2D eigenvalue weighted by molar-refractivity contribution is -0.151. The summed E-state index contributed by atoms with van der Waals surface area (Å²) in [6, 6.07) is 0. The molecule has 11 unspecified atom stereocenters. The smallest absolute Gasteiger partial charge is 0.410 e. The van der Waals surface area contributed by atoms with Crippen LogP contribution in [0.15, 0.2) is 0 Å². The number of ether oxygens (including phenoxy) is 4. The molecule has 0 N–H and O–H groups in total. The van der Waals surface area contributed by atoms with E-state index in [0.29, 0.717) is 54.4 Å². The molecule has 8 fully saturated rings. The van der Waals surface area contributed by atoms with Crippen LogP contribution >= 0.6 is 0 Å². The predicted molar refractivity (Wildman–Crippen MR) is 170 cm³/mol. The number of nitrogens with zero attached hydrogens (tertiary/aromatic N) is 2. The highest BCUT2D eigenvalue weighted by Gasteiger charge is 2.81. The van der Waals surface area contributed by atoms with Crippen LogP contribution in [0.5, 0.6) is 0 Å². The van der Waals surface area contributed by atoms with Crippen LogP contribution in [-0.2, 0) is 18.9 Å². The molecule has 0 aromatic carbocycles. The summed E-state index contributed by atoms with van der Waals surface area (Å²) in [6.07, 6.45) is 13.2. The molecule has 5 saturated carbocycles. The third-order valence-corrected chi connectivity index (χ3v) is 15.4. The van der Waals surface area contributed by atoms with E-state index in [1.165, 1.54) is 51.4 Å². The molecule has 8 heteroatoms. The molecule has 45 heavy (non-hydrogen) atoms. The van der Waals surface area contributed by atoms with Crippen molar-refractivity contribution in [1.82, 2.24) is 9.80 Å². The number of hydrogen-bond donors (Lipinski definition) is 0. The molecule has 0 radical (unpaired) electrons. The number of morpholine rings is 1. The summed E-state index contributed by atoms with van der Waals surface area (Å²) in [4.78, 5) is 29.6. The Balaban J connectivity index is 0.962. The first-order chi connectivity index (χ1) is 21.5. The van der Waals surface area contributed by atoms with Crippen molar-refractivity contribution < 1.29 is 28.5 Å². The number of fused-ring (bicyclic) bond motifs is 4. The Morgan fingerprint density at radius 3 is 2.24 bits per heavy atom. The van der Waals surface area contributed by atoms with Crippen molar-refractivity contribution in [2.75, 3.05) is 39.4 Å². The van der Waals surface area contributed by atoms with E-state index in [1.54, 1.807) is 0 Å². The summed E-state index contributed by atoms with van der Waals surface area (Å²) >= 11 is 0. The third-order valence-electron chi connectivity index (χ3n) is 15.4. The lowest BCUT2D eigenvalue weighted by atomic mass is 9.46. The SMILES string of the molecule is CC(C)C(OC(=O)N1CCC1)C1CCC2C(CC3C4CCC5C(C)(C)C(OC(=O)N6CCOCC6)CCC56CC46CCC23C)O1. The average molecular weight is 627 g/mol. The van der Waals surface area contributed by atoms with Crippen LogP contribution in [0.1, 0.15) is 105 Å². The van der Waals surface area contributed by atoms with E-state index in [1.807, 2.05) is 9.80 Å². The molecule has 0 bridgehead atoms. The Hall–Kier alpha value is -1.54. The highest BCUT2D eigenvalue weighted by molar-refractivity contribution is 5.69. The number of likely N-dealkylation sites (tertiary alicyclic amines) is 1. The molecule has 11 atom stereocenters. The molecular formula is C37H58N2O6. The van der Waals surface area contributed by atoms with Crippen molar-refractivity contribution in [1.29, 1.82) is 0 Å². The number of carbonyl (C=O) groups is 2. The molecule has 3 aliphatic heterocycles. The molecule has 5 aliphatic carbocycles. The maximum atomic E-state index is 13.1. The number of carbonyl (C=O) groups excluding carboxylic acids is 2. The fourth-order valence-electron chi connectivity index (χ4n) is 13.0. The van der Waals surface area contributed by atoms with Crippen LogP contribution in [0, 0.1) is 51.2 Å². The first kappa shape index (κ1) is 30.8. The van der Waals surface area contributed by atoms with E-state index in [2.05, 4.69) is 34.6 Å². The standard InChI is InChI=1S/C37H58N2O6/c1-23(2)31(45-33(41)38-15-6-16-38)27-9-7-25-28(43-27)21-26-24-8-10-29-34(3,4)30(44-32(40)39-17-19-42-20-18-39)11-12-37(29)22-36(24,37)14-13-35(25,26)5/h23-31H,6-22H2,1-5H3. The number of amides is 2. The van der Waals surface area contributed by atoms with Crippen LogP contribution in [0.3, 0.4) is 0 Å². The van der Waals surface area contributed by atoms with Crippen LogP contribution in [-0.4, -0.2) is 85.8 Å². The zero-order valence-corrected chi connectivity index (χ0v) is 28.6. The molecule has 3 saturated heterocycles. The minimum absolute atomic E-state index is 0.00435. The van der Waals surface area contributed by atoms with Gasteiger partial charge >= 0.3 is 12.2 Å². The van der Waals surface area contributed by atoms with E-state index < -0.39 is 0 Å². The lowest BCUT2D eigenvalue weighted by Crippen LogP contribution is -2.55. The lowest BCUT2D eigenvalue weighted by Gasteiger charge is -2.59. The third kappa shape index (κ3) is 4.49. The fourth-order valence-corrected chi connectivity index (χ4v) is 13.0. The van der Waals surface area contributed by atoms with Gasteiger partial charge in [0.15, 0.2) is 0 Å². The maximum absolute atomic E-state index is 13.1. The molecule has 3 heterocycles. The van der Waals surface area contributed by atoms with E-state index in [4.69, 9.17) is 18.9 Å². The highest BCUT2D eigenvalue weighted by atomic mass is 16.6. The Morgan fingerprint density at radius 1 is 0.800 bits per heavy atom. The first-order valence-corrected chi connectivity index (χ1v) is 18.6. The van der Waals surface area contributed by atoms with Crippen LogP contribution in [0.4, 0.5) is 9.59 Å². The van der Waals surface area contributed by atoms with Gasteiger partial charge in [-0.25, -0.2) is 9.59 Å². The minimum Gasteiger partial charge on any atom is -0.446 e. The van der Waals surface area contributed by atoms with Crippen molar-refractivity contribution in [2.24, 2.45) is 51.2 Å². The highest BCUT2D eigenvalue weighted by Crippen LogP contribution is 2.87. The molecular weight excluding hydrogens is 568 g/mol. The Morgan fingerprint density at radius 2 is 1.53 bits per heavy atom. The summed E-state index contributed by atoms with van der Waals surface area (Å²) in [5.74, 6) is 3.00. The first-order valence-electron chi connectivity index (χ1n) is 18.6. The molecule has 2 amide bonds. The van der Waals surface area contributed by atoms with Crippen LogP contribution in [0.25, 0.3) is 0 Å². The second-order valence-electron chi connectivity index (χ2n) is 17.7. The molecule has 0 aromatic rings. The van der Waals surface area contributed by atoms with E-state index in [9.17, 15) is 9.59 Å². The average Bonchev–Trinajstić information content (AvgIpc) is 3.56. The molecule has 2 spiro atoms. The largest absolute Gasteiger partial charge is 0.446 e. The maximum Gasteiger partial charge on any atom is 0.410 e. The van der Waals surface area contributed by atoms with Gasteiger partial charge in [-0.3, -0.25) is 0 Å². The summed E-state index contributed by atoms with van der Waals surface area (Å²) < 4.78 is 24.9. The normalized spacial score (nSPS) is 46.8. The van der Waals surface area contributed by atoms with E-state index in [-0.39, 0.29) is 47.9 Å². The minimum atomic E-state index is -0.169. The van der Waals surface area contributed by atoms with Gasteiger partial charge in [-0.15, -0.1) is 0 Å². The second-order valence-corrected chi connectivity index (χ2v) is 17.7. The molecule has 252 valence electrons. The summed E-state index contributed by atoms with van der Waals surface area (Å²) in [5, 5.41) is 0. The summed E-state index contributed by atoms with van der Waals surface area (Å²) in [6.45, 7) is 15.9. The van der Waals surface area contributed by atoms with Gasteiger partial charge in [-0.1, -0.05) is 34.6 Å². The van der Waals surface area contributed by atoms with Gasteiger partial charge in [0, 0.05) is 31.6 Å². The van der Waals surface area contributed by atoms with Gasteiger partial charge in [0.05, 0.1) is 25.4 Å². The Labute approximate surface area is 270 Å². The number of rotatable bonds is 4. The monoisotopic (exact) mass is 626 g/mol. The van der Waals surface area contributed by atoms with Crippen molar-refractivity contribution in [2.45, 2.75) is 130 Å². The van der Waals surface area contributed by atoms with Crippen molar-refractivity contribution >= 4 is 12.2 Å².